The van der Waals surface area contributed by atoms with Crippen molar-refractivity contribution in [3.8, 4) is 0 Å². The minimum atomic E-state index is -3.39. The van der Waals surface area contributed by atoms with Gasteiger partial charge in [0.05, 0.1) is 11.4 Å². The summed E-state index contributed by atoms with van der Waals surface area (Å²) >= 11 is 3.34. The van der Waals surface area contributed by atoms with Gasteiger partial charge in [-0.1, -0.05) is 12.1 Å². The molecule has 0 radical (unpaired) electrons. The predicted molar refractivity (Wildman–Crippen MR) is 84.2 cm³/mol. The fraction of sp³-hybridized carbons (Fsp3) is 0.214. The Morgan fingerprint density at radius 3 is 2.75 bits per heavy atom. The zero-order valence-electron chi connectivity index (χ0n) is 11.0. The third kappa shape index (κ3) is 4.31. The summed E-state index contributed by atoms with van der Waals surface area (Å²) in [7, 11) is -3.39. The van der Waals surface area contributed by atoms with Crippen molar-refractivity contribution >= 4 is 31.6 Å². The van der Waals surface area contributed by atoms with E-state index in [1.807, 2.05) is 31.2 Å². The molecule has 0 aliphatic heterocycles. The van der Waals surface area contributed by atoms with Crippen molar-refractivity contribution in [3.63, 3.8) is 0 Å². The van der Waals surface area contributed by atoms with Gasteiger partial charge in [-0.05, 0) is 52.7 Å². The number of aromatic nitrogens is 1. The molecule has 1 aromatic carbocycles. The van der Waals surface area contributed by atoms with Crippen molar-refractivity contribution in [2.24, 2.45) is 0 Å². The van der Waals surface area contributed by atoms with E-state index in [2.05, 4.69) is 25.6 Å². The second-order valence-corrected chi connectivity index (χ2v) is 7.17. The summed E-state index contributed by atoms with van der Waals surface area (Å²) in [5.41, 5.74) is 2.32. The van der Waals surface area contributed by atoms with Crippen molar-refractivity contribution in [1.29, 1.82) is 0 Å². The highest BCUT2D eigenvalue weighted by molar-refractivity contribution is 9.10. The molecule has 20 heavy (non-hydrogen) atoms. The predicted octanol–water partition coefficient (Wildman–Crippen LogP) is 3.14. The normalized spacial score (nSPS) is 11.3. The summed E-state index contributed by atoms with van der Waals surface area (Å²) < 4.78 is 27.5. The van der Waals surface area contributed by atoms with E-state index in [4.69, 9.17) is 0 Å². The fourth-order valence-electron chi connectivity index (χ4n) is 1.72. The Balaban J connectivity index is 2.06. The SMILES string of the molecule is Cc1ccc(Br)c(NS(=O)(=O)CCc2ccccn2)c1. The number of aryl methyl sites for hydroxylation is 2. The van der Waals surface area contributed by atoms with Crippen molar-refractivity contribution in [2.75, 3.05) is 10.5 Å². The summed E-state index contributed by atoms with van der Waals surface area (Å²) in [5.74, 6) is 0.00436. The van der Waals surface area contributed by atoms with Crippen molar-refractivity contribution in [1.82, 2.24) is 4.98 Å². The largest absolute Gasteiger partial charge is 0.282 e. The van der Waals surface area contributed by atoms with Crippen LogP contribution in [-0.4, -0.2) is 19.2 Å². The average molecular weight is 355 g/mol. The van der Waals surface area contributed by atoms with Gasteiger partial charge in [-0.2, -0.15) is 0 Å². The highest BCUT2D eigenvalue weighted by atomic mass is 79.9. The van der Waals surface area contributed by atoms with E-state index in [-0.39, 0.29) is 5.75 Å². The van der Waals surface area contributed by atoms with Crippen LogP contribution in [0.15, 0.2) is 47.1 Å². The number of hydrogen-bond donors (Lipinski definition) is 1. The lowest BCUT2D eigenvalue weighted by Gasteiger charge is -2.10. The molecule has 0 fully saturated rings. The van der Waals surface area contributed by atoms with Crippen molar-refractivity contribution in [3.05, 3.63) is 58.3 Å². The molecule has 0 unspecified atom stereocenters. The maximum absolute atomic E-state index is 12.1. The molecule has 0 spiro atoms. The van der Waals surface area contributed by atoms with Gasteiger partial charge in [-0.15, -0.1) is 0 Å². The smallest absolute Gasteiger partial charge is 0.233 e. The average Bonchev–Trinajstić information content (AvgIpc) is 2.42. The molecule has 6 heteroatoms. The number of nitrogens with one attached hydrogen (secondary N) is 1. The van der Waals surface area contributed by atoms with Crippen LogP contribution in [-0.2, 0) is 16.4 Å². The molecule has 0 bridgehead atoms. The number of pyridine rings is 1. The number of nitrogens with zero attached hydrogens (tertiary/aromatic N) is 1. The van der Waals surface area contributed by atoms with E-state index in [9.17, 15) is 8.42 Å². The molecule has 2 aromatic rings. The van der Waals surface area contributed by atoms with Crippen LogP contribution in [0.25, 0.3) is 0 Å². The molecule has 4 nitrogen and oxygen atoms in total. The number of halogens is 1. The Bertz CT molecular complexity index is 688. The van der Waals surface area contributed by atoms with Gasteiger partial charge < -0.3 is 0 Å². The van der Waals surface area contributed by atoms with Crippen LogP contribution in [0.1, 0.15) is 11.3 Å². The number of rotatable bonds is 5. The molecule has 0 aliphatic rings. The summed E-state index contributed by atoms with van der Waals surface area (Å²) in [5, 5.41) is 0. The maximum atomic E-state index is 12.1. The minimum Gasteiger partial charge on any atom is -0.282 e. The third-order valence-corrected chi connectivity index (χ3v) is 4.70. The number of benzene rings is 1. The van der Waals surface area contributed by atoms with E-state index in [1.165, 1.54) is 0 Å². The van der Waals surface area contributed by atoms with Crippen LogP contribution < -0.4 is 4.72 Å². The molecular formula is C14H15BrN2O2S. The van der Waals surface area contributed by atoms with E-state index in [0.29, 0.717) is 12.1 Å². The first-order chi connectivity index (χ1) is 9.46. The molecule has 0 aliphatic carbocycles. The van der Waals surface area contributed by atoms with Gasteiger partial charge in [-0.3, -0.25) is 9.71 Å². The van der Waals surface area contributed by atoms with Crippen molar-refractivity contribution < 1.29 is 8.42 Å². The zero-order chi connectivity index (χ0) is 14.6. The molecular weight excluding hydrogens is 340 g/mol. The number of hydrogen-bond acceptors (Lipinski definition) is 3. The maximum Gasteiger partial charge on any atom is 0.233 e. The first-order valence-corrected chi connectivity index (χ1v) is 8.57. The highest BCUT2D eigenvalue weighted by Gasteiger charge is 2.13. The number of sulfonamides is 1. The van der Waals surface area contributed by atoms with Gasteiger partial charge in [0.2, 0.25) is 10.0 Å². The zero-order valence-corrected chi connectivity index (χ0v) is 13.4. The Hall–Kier alpha value is -1.40. The molecule has 0 amide bonds. The highest BCUT2D eigenvalue weighted by Crippen LogP contribution is 2.24. The van der Waals surface area contributed by atoms with Crippen LogP contribution in [0.4, 0.5) is 5.69 Å². The van der Waals surface area contributed by atoms with Gasteiger partial charge in [-0.25, -0.2) is 8.42 Å². The van der Waals surface area contributed by atoms with Crippen LogP contribution >= 0.6 is 15.9 Å². The summed E-state index contributed by atoms with van der Waals surface area (Å²) in [6, 6.07) is 11.0. The van der Waals surface area contributed by atoms with Crippen LogP contribution in [0.5, 0.6) is 0 Å². The van der Waals surface area contributed by atoms with Gasteiger partial charge in [0, 0.05) is 22.8 Å². The van der Waals surface area contributed by atoms with E-state index < -0.39 is 10.0 Å². The molecule has 2 rings (SSSR count). The molecule has 0 atom stereocenters. The van der Waals surface area contributed by atoms with Gasteiger partial charge in [0.15, 0.2) is 0 Å². The standard InChI is InChI=1S/C14H15BrN2O2S/c1-11-5-6-13(15)14(10-11)17-20(18,19)9-7-12-4-2-3-8-16-12/h2-6,8,10,17H,7,9H2,1H3. The van der Waals surface area contributed by atoms with E-state index in [0.717, 1.165) is 15.7 Å². The lowest BCUT2D eigenvalue weighted by molar-refractivity contribution is 0.600. The second kappa shape index (κ2) is 6.37. The minimum absolute atomic E-state index is 0.00436. The van der Waals surface area contributed by atoms with Crippen LogP contribution in [0.2, 0.25) is 0 Å². The Morgan fingerprint density at radius 1 is 1.25 bits per heavy atom. The summed E-state index contributed by atoms with van der Waals surface area (Å²) in [6.07, 6.45) is 2.05. The fourth-order valence-corrected chi connectivity index (χ4v) is 3.28. The molecule has 1 N–H and O–H groups in total. The summed E-state index contributed by atoms with van der Waals surface area (Å²) in [6.45, 7) is 1.91. The van der Waals surface area contributed by atoms with Crippen LogP contribution in [0.3, 0.4) is 0 Å². The van der Waals surface area contributed by atoms with E-state index in [1.54, 1.807) is 18.3 Å². The Kier molecular flexibility index (Phi) is 4.77. The topological polar surface area (TPSA) is 59.1 Å². The monoisotopic (exact) mass is 354 g/mol. The van der Waals surface area contributed by atoms with Crippen LogP contribution in [0, 0.1) is 6.92 Å². The molecule has 106 valence electrons. The van der Waals surface area contributed by atoms with Gasteiger partial charge in [0.25, 0.3) is 0 Å². The third-order valence-electron chi connectivity index (χ3n) is 2.74. The molecule has 0 saturated heterocycles. The number of anilines is 1. The molecule has 0 saturated carbocycles. The van der Waals surface area contributed by atoms with Crippen molar-refractivity contribution in [2.45, 2.75) is 13.3 Å². The van der Waals surface area contributed by atoms with Gasteiger partial charge >= 0.3 is 0 Å². The Labute approximate surface area is 127 Å². The quantitative estimate of drug-likeness (QED) is 0.897. The summed E-state index contributed by atoms with van der Waals surface area (Å²) in [4.78, 5) is 4.12. The van der Waals surface area contributed by atoms with E-state index >= 15 is 0 Å². The first-order valence-electron chi connectivity index (χ1n) is 6.13. The Morgan fingerprint density at radius 2 is 2.05 bits per heavy atom. The molecule has 1 aromatic heterocycles. The lowest BCUT2D eigenvalue weighted by atomic mass is 10.2. The lowest BCUT2D eigenvalue weighted by Crippen LogP contribution is -2.18. The molecule has 1 heterocycles. The first kappa shape index (κ1) is 15.0. The second-order valence-electron chi connectivity index (χ2n) is 4.48. The van der Waals surface area contributed by atoms with Gasteiger partial charge in [0.1, 0.15) is 0 Å².